The number of hydrogen-bond donors (Lipinski definition) is 1. The Morgan fingerprint density at radius 2 is 2.19 bits per heavy atom. The van der Waals surface area contributed by atoms with Crippen LogP contribution in [0.2, 0.25) is 0 Å². The summed E-state index contributed by atoms with van der Waals surface area (Å²) in [5.74, 6) is 0.418. The van der Waals surface area contributed by atoms with E-state index in [1.54, 1.807) is 0 Å². The molecule has 0 aromatic rings. The molecule has 0 aromatic carbocycles. The van der Waals surface area contributed by atoms with Gasteiger partial charge in [0.2, 0.25) is 0 Å². The third kappa shape index (κ3) is 5.18. The third-order valence-corrected chi connectivity index (χ3v) is 3.56. The van der Waals surface area contributed by atoms with Crippen LogP contribution in [0.4, 0.5) is 0 Å². The number of carboxylic acids is 1. The lowest BCUT2D eigenvalue weighted by molar-refractivity contribution is -0.139. The van der Waals surface area contributed by atoms with Gasteiger partial charge in [-0.15, -0.1) is 0 Å². The van der Waals surface area contributed by atoms with Crippen molar-refractivity contribution >= 4 is 17.7 Å². The van der Waals surface area contributed by atoms with E-state index in [1.165, 1.54) is 0 Å². The minimum absolute atomic E-state index is 0.188. The van der Waals surface area contributed by atoms with Gasteiger partial charge in [-0.25, -0.2) is 0 Å². The summed E-state index contributed by atoms with van der Waals surface area (Å²) in [6.45, 7) is 3.21. The van der Waals surface area contributed by atoms with E-state index in [1.807, 2.05) is 11.8 Å². The lowest BCUT2D eigenvalue weighted by Gasteiger charge is -2.33. The number of nitrogens with zero attached hydrogens (tertiary/aromatic N) is 1. The molecule has 16 heavy (non-hydrogen) atoms. The van der Waals surface area contributed by atoms with Crippen LogP contribution in [0.15, 0.2) is 0 Å². The van der Waals surface area contributed by atoms with Crippen LogP contribution in [0.1, 0.15) is 19.3 Å². The van der Waals surface area contributed by atoms with Crippen LogP contribution in [-0.4, -0.2) is 60.3 Å². The van der Waals surface area contributed by atoms with Crippen molar-refractivity contribution in [2.24, 2.45) is 0 Å². The normalized spacial score (nSPS) is 19.6. The summed E-state index contributed by atoms with van der Waals surface area (Å²) in [6.07, 6.45) is 4.42. The first kappa shape index (κ1) is 13.8. The fraction of sp³-hybridized carbons (Fsp3) is 0.909. The van der Waals surface area contributed by atoms with Crippen LogP contribution in [0.25, 0.3) is 0 Å². The predicted molar refractivity (Wildman–Crippen MR) is 66.0 cm³/mol. The Labute approximate surface area is 101 Å². The minimum Gasteiger partial charge on any atom is -0.481 e. The third-order valence-electron chi connectivity index (χ3n) is 2.86. The molecule has 1 fully saturated rings. The Kier molecular flexibility index (Phi) is 6.84. The van der Waals surface area contributed by atoms with Crippen molar-refractivity contribution in [3.05, 3.63) is 0 Å². The zero-order valence-electron chi connectivity index (χ0n) is 9.85. The predicted octanol–water partition coefficient (Wildman–Crippen LogP) is 1.31. The van der Waals surface area contributed by atoms with Crippen LogP contribution in [-0.2, 0) is 9.53 Å². The molecule has 1 aliphatic rings. The fourth-order valence-corrected chi connectivity index (χ4v) is 2.48. The number of rotatable bonds is 7. The highest BCUT2D eigenvalue weighted by Crippen LogP contribution is 2.14. The molecule has 1 rings (SSSR count). The van der Waals surface area contributed by atoms with E-state index in [4.69, 9.17) is 9.84 Å². The van der Waals surface area contributed by atoms with E-state index in [0.717, 1.165) is 44.9 Å². The first-order valence-corrected chi connectivity index (χ1v) is 7.16. The number of hydrogen-bond acceptors (Lipinski definition) is 4. The first-order chi connectivity index (χ1) is 7.74. The summed E-state index contributed by atoms with van der Waals surface area (Å²) in [6, 6.07) is 0.188. The van der Waals surface area contributed by atoms with Gasteiger partial charge in [-0.05, 0) is 24.9 Å². The Bertz CT molecular complexity index is 207. The highest BCUT2D eigenvalue weighted by Gasteiger charge is 2.22. The van der Waals surface area contributed by atoms with E-state index in [-0.39, 0.29) is 12.5 Å². The number of ether oxygens (including phenoxy) is 1. The van der Waals surface area contributed by atoms with Crippen molar-refractivity contribution < 1.29 is 14.6 Å². The average Bonchev–Trinajstić information content (AvgIpc) is 2.29. The van der Waals surface area contributed by atoms with E-state index in [2.05, 4.69) is 11.2 Å². The summed E-state index contributed by atoms with van der Waals surface area (Å²) in [4.78, 5) is 13.1. The first-order valence-electron chi connectivity index (χ1n) is 5.76. The maximum absolute atomic E-state index is 10.8. The molecular weight excluding hydrogens is 226 g/mol. The second-order valence-electron chi connectivity index (χ2n) is 4.04. The quantitative estimate of drug-likeness (QED) is 0.687. The molecule has 1 unspecified atom stereocenters. The summed E-state index contributed by atoms with van der Waals surface area (Å²) in [5, 5.41) is 8.91. The molecule has 94 valence electrons. The topological polar surface area (TPSA) is 49.8 Å². The number of carboxylic acid groups (broad SMARTS) is 1. The van der Waals surface area contributed by atoms with Gasteiger partial charge in [-0.3, -0.25) is 9.69 Å². The molecule has 0 spiro atoms. The van der Waals surface area contributed by atoms with Crippen molar-refractivity contribution in [3.63, 3.8) is 0 Å². The molecule has 1 N–H and O–H groups in total. The molecule has 1 heterocycles. The zero-order valence-corrected chi connectivity index (χ0v) is 10.7. The van der Waals surface area contributed by atoms with Gasteiger partial charge in [0, 0.05) is 19.1 Å². The smallest absolute Gasteiger partial charge is 0.304 e. The number of carbonyl (C=O) groups is 1. The van der Waals surface area contributed by atoms with Crippen LogP contribution in [0.5, 0.6) is 0 Å². The molecule has 0 radical (unpaired) electrons. The van der Waals surface area contributed by atoms with Crippen molar-refractivity contribution in [1.82, 2.24) is 4.90 Å². The summed E-state index contributed by atoms with van der Waals surface area (Å²) >= 11 is 1.82. The van der Waals surface area contributed by atoms with Crippen LogP contribution in [0.3, 0.4) is 0 Å². The molecule has 4 nitrogen and oxygen atoms in total. The summed E-state index contributed by atoms with van der Waals surface area (Å²) in [5.41, 5.74) is 0. The van der Waals surface area contributed by atoms with Crippen molar-refractivity contribution in [2.75, 3.05) is 38.3 Å². The fourth-order valence-electron chi connectivity index (χ4n) is 2.02. The van der Waals surface area contributed by atoms with Gasteiger partial charge in [0.25, 0.3) is 0 Å². The molecule has 0 bridgehead atoms. The van der Waals surface area contributed by atoms with Gasteiger partial charge in [0.15, 0.2) is 0 Å². The van der Waals surface area contributed by atoms with Gasteiger partial charge >= 0.3 is 5.97 Å². The monoisotopic (exact) mass is 247 g/mol. The second kappa shape index (κ2) is 7.92. The van der Waals surface area contributed by atoms with Crippen LogP contribution in [0, 0.1) is 0 Å². The standard InChI is InChI=1S/C11H21NO3S/c1-16-8-2-3-10(9-11(13)14)12-4-6-15-7-5-12/h10H,2-9H2,1H3,(H,13,14). The molecule has 0 aliphatic carbocycles. The zero-order chi connectivity index (χ0) is 11.8. The minimum atomic E-state index is -0.694. The average molecular weight is 247 g/mol. The van der Waals surface area contributed by atoms with E-state index in [9.17, 15) is 4.79 Å². The van der Waals surface area contributed by atoms with Crippen molar-refractivity contribution in [1.29, 1.82) is 0 Å². The molecule has 0 amide bonds. The Balaban J connectivity index is 2.37. The maximum atomic E-state index is 10.8. The Morgan fingerprint density at radius 1 is 1.50 bits per heavy atom. The Morgan fingerprint density at radius 3 is 2.75 bits per heavy atom. The van der Waals surface area contributed by atoms with Crippen LogP contribution >= 0.6 is 11.8 Å². The highest BCUT2D eigenvalue weighted by molar-refractivity contribution is 7.98. The largest absolute Gasteiger partial charge is 0.481 e. The number of aliphatic carboxylic acids is 1. The number of thioether (sulfide) groups is 1. The molecule has 1 atom stereocenters. The van der Waals surface area contributed by atoms with Gasteiger partial charge < -0.3 is 9.84 Å². The van der Waals surface area contributed by atoms with E-state index >= 15 is 0 Å². The van der Waals surface area contributed by atoms with Gasteiger partial charge in [-0.1, -0.05) is 0 Å². The molecule has 0 saturated carbocycles. The summed E-state index contributed by atoms with van der Waals surface area (Å²) in [7, 11) is 0. The van der Waals surface area contributed by atoms with Gasteiger partial charge in [0.1, 0.15) is 0 Å². The molecular formula is C11H21NO3S. The van der Waals surface area contributed by atoms with Crippen LogP contribution < -0.4 is 0 Å². The maximum Gasteiger partial charge on any atom is 0.304 e. The molecule has 1 aliphatic heterocycles. The SMILES string of the molecule is CSCCCC(CC(=O)O)N1CCOCC1. The Hall–Kier alpha value is -0.260. The molecule has 1 saturated heterocycles. The number of morpholine rings is 1. The van der Waals surface area contributed by atoms with Crippen molar-refractivity contribution in [3.8, 4) is 0 Å². The van der Waals surface area contributed by atoms with Gasteiger partial charge in [-0.2, -0.15) is 11.8 Å². The molecule has 5 heteroatoms. The van der Waals surface area contributed by atoms with Gasteiger partial charge in [0.05, 0.1) is 19.6 Å². The highest BCUT2D eigenvalue weighted by atomic mass is 32.2. The lowest BCUT2D eigenvalue weighted by atomic mass is 10.1. The van der Waals surface area contributed by atoms with E-state index < -0.39 is 5.97 Å². The second-order valence-corrected chi connectivity index (χ2v) is 5.02. The van der Waals surface area contributed by atoms with E-state index in [0.29, 0.717) is 0 Å². The lowest BCUT2D eigenvalue weighted by Crippen LogP contribution is -2.44. The molecule has 0 aromatic heterocycles. The summed E-state index contributed by atoms with van der Waals surface area (Å²) < 4.78 is 5.29. The van der Waals surface area contributed by atoms with Crippen molar-refractivity contribution in [2.45, 2.75) is 25.3 Å².